The number of furan rings is 1. The minimum absolute atomic E-state index is 0.487. The van der Waals surface area contributed by atoms with E-state index < -0.39 is 0 Å². The van der Waals surface area contributed by atoms with Crippen LogP contribution in [-0.4, -0.2) is 27.0 Å². The topological polar surface area (TPSA) is 88.9 Å². The summed E-state index contributed by atoms with van der Waals surface area (Å²) in [5.74, 6) is 1.94. The molecule has 7 nitrogen and oxygen atoms in total. The molecule has 0 spiro atoms. The molecule has 18 heavy (non-hydrogen) atoms. The number of hydrogen-bond donors (Lipinski definition) is 2. The van der Waals surface area contributed by atoms with E-state index in [0.717, 1.165) is 11.3 Å². The molecule has 0 aliphatic heterocycles. The molecule has 3 aromatic heterocycles. The van der Waals surface area contributed by atoms with E-state index in [1.54, 1.807) is 19.5 Å². The molecule has 3 rings (SSSR count). The van der Waals surface area contributed by atoms with Crippen molar-refractivity contribution in [3.63, 3.8) is 0 Å². The van der Waals surface area contributed by atoms with Gasteiger partial charge in [-0.15, -0.1) is 0 Å². The second-order valence-corrected chi connectivity index (χ2v) is 3.60. The summed E-state index contributed by atoms with van der Waals surface area (Å²) in [6.07, 6.45) is 3.05. The fourth-order valence-corrected chi connectivity index (χ4v) is 1.63. The number of anilines is 1. The van der Waals surface area contributed by atoms with E-state index >= 15 is 0 Å². The largest absolute Gasteiger partial charge is 0.468 e. The highest BCUT2D eigenvalue weighted by atomic mass is 16.6. The maximum atomic E-state index is 5.39. The minimum atomic E-state index is 0.487. The first kappa shape index (κ1) is 10.6. The average molecular weight is 245 g/mol. The van der Waals surface area contributed by atoms with Crippen LogP contribution in [0.2, 0.25) is 0 Å². The highest BCUT2D eigenvalue weighted by Gasteiger charge is 2.06. The maximum absolute atomic E-state index is 5.39. The van der Waals surface area contributed by atoms with E-state index in [9.17, 15) is 0 Å². The Hall–Kier alpha value is -2.57. The highest BCUT2D eigenvalue weighted by molar-refractivity contribution is 5.81. The average Bonchev–Trinajstić information content (AvgIpc) is 3.05. The van der Waals surface area contributed by atoms with Crippen molar-refractivity contribution < 1.29 is 9.15 Å². The van der Waals surface area contributed by atoms with Gasteiger partial charge in [0.05, 0.1) is 20.0 Å². The van der Waals surface area contributed by atoms with Crippen molar-refractivity contribution in [2.45, 2.75) is 6.54 Å². The zero-order valence-electron chi connectivity index (χ0n) is 9.67. The first-order chi connectivity index (χ1) is 8.86. The molecule has 0 aromatic carbocycles. The Bertz CT molecular complexity index is 660. The summed E-state index contributed by atoms with van der Waals surface area (Å²) in [4.78, 5) is 15.2. The Morgan fingerprint density at radius 3 is 3.11 bits per heavy atom. The number of methoxy groups -OCH3 is 1. The number of nitrogens with zero attached hydrogens (tertiary/aromatic N) is 3. The van der Waals surface area contributed by atoms with Crippen molar-refractivity contribution in [1.29, 1.82) is 0 Å². The quantitative estimate of drug-likeness (QED) is 0.725. The van der Waals surface area contributed by atoms with Crippen LogP contribution in [0, 0.1) is 0 Å². The molecule has 0 saturated carbocycles. The lowest BCUT2D eigenvalue weighted by Gasteiger charge is -2.03. The second-order valence-electron chi connectivity index (χ2n) is 3.60. The third kappa shape index (κ3) is 1.86. The standard InChI is InChI=1S/C11H11N5O2/c1-17-8-3-2-7(18-8)4-12-10-9-11(14-5-13-9)16-6-15-10/h2-3,5-6H,4H2,1H3,(H2,12,13,14,15,16). The normalized spacial score (nSPS) is 10.7. The van der Waals surface area contributed by atoms with Crippen LogP contribution in [0.3, 0.4) is 0 Å². The maximum Gasteiger partial charge on any atom is 0.284 e. The molecule has 92 valence electrons. The van der Waals surface area contributed by atoms with Gasteiger partial charge in [0, 0.05) is 6.07 Å². The SMILES string of the molecule is COc1ccc(CNc2ncnc3nc[nH]c23)o1. The van der Waals surface area contributed by atoms with Crippen LogP contribution < -0.4 is 10.1 Å². The summed E-state index contributed by atoms with van der Waals surface area (Å²) >= 11 is 0. The number of nitrogens with one attached hydrogen (secondary N) is 2. The number of rotatable bonds is 4. The molecule has 7 heteroatoms. The number of fused-ring (bicyclic) bond motifs is 1. The van der Waals surface area contributed by atoms with E-state index in [1.807, 2.05) is 6.07 Å². The van der Waals surface area contributed by atoms with Crippen LogP contribution >= 0.6 is 0 Å². The molecule has 0 amide bonds. The molecule has 0 aliphatic carbocycles. The summed E-state index contributed by atoms with van der Waals surface area (Å²) in [6, 6.07) is 3.61. The Kier molecular flexibility index (Phi) is 2.56. The molecule has 0 fully saturated rings. The van der Waals surface area contributed by atoms with Crippen LogP contribution in [0.5, 0.6) is 5.95 Å². The lowest BCUT2D eigenvalue weighted by molar-refractivity contribution is 0.295. The van der Waals surface area contributed by atoms with Gasteiger partial charge in [0.1, 0.15) is 17.6 Å². The van der Waals surface area contributed by atoms with Gasteiger partial charge in [0.2, 0.25) is 0 Å². The lowest BCUT2D eigenvalue weighted by atomic mass is 10.4. The summed E-state index contributed by atoms with van der Waals surface area (Å²) in [5.41, 5.74) is 1.40. The third-order valence-corrected chi connectivity index (χ3v) is 2.49. The van der Waals surface area contributed by atoms with Gasteiger partial charge in [-0.2, -0.15) is 0 Å². The van der Waals surface area contributed by atoms with Gasteiger partial charge in [-0.05, 0) is 6.07 Å². The molecular weight excluding hydrogens is 234 g/mol. The Morgan fingerprint density at radius 1 is 1.33 bits per heavy atom. The smallest absolute Gasteiger partial charge is 0.284 e. The first-order valence-corrected chi connectivity index (χ1v) is 5.37. The predicted octanol–water partition coefficient (Wildman–Crippen LogP) is 1.57. The molecule has 3 heterocycles. The van der Waals surface area contributed by atoms with E-state index in [-0.39, 0.29) is 0 Å². The van der Waals surface area contributed by atoms with Crippen molar-refractivity contribution in [2.24, 2.45) is 0 Å². The molecule has 3 aromatic rings. The van der Waals surface area contributed by atoms with Crippen molar-refractivity contribution in [3.8, 4) is 5.95 Å². The van der Waals surface area contributed by atoms with Gasteiger partial charge >= 0.3 is 0 Å². The number of hydrogen-bond acceptors (Lipinski definition) is 6. The summed E-state index contributed by atoms with van der Waals surface area (Å²) < 4.78 is 10.4. The van der Waals surface area contributed by atoms with Crippen LogP contribution in [0.4, 0.5) is 5.82 Å². The van der Waals surface area contributed by atoms with Crippen LogP contribution in [0.1, 0.15) is 5.76 Å². The molecular formula is C11H11N5O2. The predicted molar refractivity (Wildman–Crippen MR) is 64.3 cm³/mol. The van der Waals surface area contributed by atoms with Crippen molar-refractivity contribution in [2.75, 3.05) is 12.4 Å². The monoisotopic (exact) mass is 245 g/mol. The zero-order valence-corrected chi connectivity index (χ0v) is 9.67. The molecule has 0 aliphatic rings. The summed E-state index contributed by atoms with van der Waals surface area (Å²) in [6.45, 7) is 0.508. The second kappa shape index (κ2) is 4.36. The number of aromatic nitrogens is 4. The van der Waals surface area contributed by atoms with E-state index in [4.69, 9.17) is 9.15 Å². The number of ether oxygens (including phenoxy) is 1. The number of imidazole rings is 1. The molecule has 0 atom stereocenters. The highest BCUT2D eigenvalue weighted by Crippen LogP contribution is 2.18. The molecule has 0 bridgehead atoms. The van der Waals surface area contributed by atoms with Gasteiger partial charge in [-0.3, -0.25) is 0 Å². The van der Waals surface area contributed by atoms with Gasteiger partial charge in [0.25, 0.3) is 5.95 Å². The van der Waals surface area contributed by atoms with Crippen LogP contribution in [-0.2, 0) is 6.54 Å². The van der Waals surface area contributed by atoms with Gasteiger partial charge in [-0.25, -0.2) is 15.0 Å². The lowest BCUT2D eigenvalue weighted by Crippen LogP contribution is -2.01. The Balaban J connectivity index is 1.78. The summed E-state index contributed by atoms with van der Waals surface area (Å²) in [7, 11) is 1.56. The molecule has 0 radical (unpaired) electrons. The van der Waals surface area contributed by atoms with Crippen molar-refractivity contribution in [1.82, 2.24) is 19.9 Å². The van der Waals surface area contributed by atoms with Crippen LogP contribution in [0.15, 0.2) is 29.2 Å². The van der Waals surface area contributed by atoms with E-state index in [2.05, 4.69) is 25.3 Å². The molecule has 0 saturated heterocycles. The van der Waals surface area contributed by atoms with E-state index in [1.165, 1.54) is 6.33 Å². The molecule has 0 unspecified atom stereocenters. The Labute approximate surface area is 102 Å². The first-order valence-electron chi connectivity index (χ1n) is 5.37. The molecule has 2 N–H and O–H groups in total. The zero-order chi connectivity index (χ0) is 12.4. The Morgan fingerprint density at radius 2 is 2.28 bits per heavy atom. The van der Waals surface area contributed by atoms with Gasteiger partial charge in [0.15, 0.2) is 11.5 Å². The van der Waals surface area contributed by atoms with Gasteiger partial charge in [-0.1, -0.05) is 0 Å². The van der Waals surface area contributed by atoms with E-state index in [0.29, 0.717) is 24.0 Å². The van der Waals surface area contributed by atoms with Crippen LogP contribution in [0.25, 0.3) is 11.2 Å². The number of H-pyrrole nitrogens is 1. The fraction of sp³-hybridized carbons (Fsp3) is 0.182. The summed E-state index contributed by atoms with van der Waals surface area (Å²) in [5, 5.41) is 3.16. The minimum Gasteiger partial charge on any atom is -0.468 e. The third-order valence-electron chi connectivity index (χ3n) is 2.49. The fourth-order valence-electron chi connectivity index (χ4n) is 1.63. The van der Waals surface area contributed by atoms with Gasteiger partial charge < -0.3 is 19.5 Å². The van der Waals surface area contributed by atoms with Crippen molar-refractivity contribution in [3.05, 3.63) is 30.5 Å². The number of aromatic amines is 1. The van der Waals surface area contributed by atoms with Crippen molar-refractivity contribution >= 4 is 17.0 Å².